The standard InChI is InChI=1S/C29H36N6O2/c1-5-21-8-10-34(11-9-21)12-13-35(24-14-25(36-3)17-26(15-24)37-4)23-6-7-27-28(16-23)32-29(19-30-27)22-18-31-33(2)20-22/h6-7,14-21H,5,8-13H2,1-4H3. The van der Waals surface area contributed by atoms with E-state index < -0.39 is 0 Å². The van der Waals surface area contributed by atoms with Gasteiger partial charge in [0, 0.05) is 61.5 Å². The van der Waals surface area contributed by atoms with Gasteiger partial charge in [0.25, 0.3) is 0 Å². The number of hydrogen-bond donors (Lipinski definition) is 0. The van der Waals surface area contributed by atoms with Crippen molar-refractivity contribution in [3.63, 3.8) is 0 Å². The maximum atomic E-state index is 5.59. The fourth-order valence-electron chi connectivity index (χ4n) is 5.08. The van der Waals surface area contributed by atoms with Gasteiger partial charge in [0.15, 0.2) is 0 Å². The van der Waals surface area contributed by atoms with Crippen LogP contribution >= 0.6 is 0 Å². The predicted molar refractivity (Wildman–Crippen MR) is 148 cm³/mol. The van der Waals surface area contributed by atoms with E-state index in [1.807, 2.05) is 37.8 Å². The summed E-state index contributed by atoms with van der Waals surface area (Å²) >= 11 is 0. The van der Waals surface area contributed by atoms with Crippen molar-refractivity contribution in [2.24, 2.45) is 13.0 Å². The van der Waals surface area contributed by atoms with Gasteiger partial charge in [-0.3, -0.25) is 9.67 Å². The molecule has 0 bridgehead atoms. The lowest BCUT2D eigenvalue weighted by molar-refractivity contribution is 0.186. The Morgan fingerprint density at radius 2 is 1.70 bits per heavy atom. The molecule has 0 unspecified atom stereocenters. The molecule has 2 aromatic heterocycles. The Bertz CT molecular complexity index is 1320. The number of anilines is 2. The lowest BCUT2D eigenvalue weighted by Gasteiger charge is -2.34. The number of aryl methyl sites for hydroxylation is 1. The van der Waals surface area contributed by atoms with Crippen LogP contribution in [0.15, 0.2) is 55.0 Å². The lowest BCUT2D eigenvalue weighted by Crippen LogP contribution is -2.38. The number of likely N-dealkylation sites (tertiary alicyclic amines) is 1. The first kappa shape index (κ1) is 25.0. The van der Waals surface area contributed by atoms with Crippen LogP contribution in [0.2, 0.25) is 0 Å². The molecule has 2 aromatic carbocycles. The number of nitrogens with zero attached hydrogens (tertiary/aromatic N) is 6. The van der Waals surface area contributed by atoms with Crippen molar-refractivity contribution in [1.29, 1.82) is 0 Å². The molecule has 0 saturated carbocycles. The molecule has 0 N–H and O–H groups in total. The van der Waals surface area contributed by atoms with Gasteiger partial charge in [-0.25, -0.2) is 4.98 Å². The summed E-state index contributed by atoms with van der Waals surface area (Å²) in [4.78, 5) is 14.5. The minimum absolute atomic E-state index is 0.766. The Balaban J connectivity index is 1.49. The summed E-state index contributed by atoms with van der Waals surface area (Å²) < 4.78 is 13.0. The zero-order chi connectivity index (χ0) is 25.8. The van der Waals surface area contributed by atoms with E-state index in [4.69, 9.17) is 14.5 Å². The third-order valence-electron chi connectivity index (χ3n) is 7.41. The first-order valence-electron chi connectivity index (χ1n) is 13.0. The average Bonchev–Trinajstić information content (AvgIpc) is 3.39. The van der Waals surface area contributed by atoms with E-state index >= 15 is 0 Å². The molecule has 8 nitrogen and oxygen atoms in total. The smallest absolute Gasteiger partial charge is 0.124 e. The minimum atomic E-state index is 0.766. The van der Waals surface area contributed by atoms with E-state index in [1.54, 1.807) is 18.9 Å². The topological polar surface area (TPSA) is 68.5 Å². The van der Waals surface area contributed by atoms with Crippen LogP contribution in [0.1, 0.15) is 26.2 Å². The Hall–Kier alpha value is -3.65. The lowest BCUT2D eigenvalue weighted by atomic mass is 9.94. The number of benzene rings is 2. The molecule has 3 heterocycles. The normalized spacial score (nSPS) is 14.7. The van der Waals surface area contributed by atoms with Gasteiger partial charge >= 0.3 is 0 Å². The summed E-state index contributed by atoms with van der Waals surface area (Å²) in [7, 11) is 5.28. The second-order valence-corrected chi connectivity index (χ2v) is 9.75. The molecular weight excluding hydrogens is 464 g/mol. The first-order valence-corrected chi connectivity index (χ1v) is 13.0. The molecule has 1 aliphatic rings. The van der Waals surface area contributed by atoms with E-state index in [9.17, 15) is 0 Å². The fourth-order valence-corrected chi connectivity index (χ4v) is 5.08. The molecule has 5 rings (SSSR count). The van der Waals surface area contributed by atoms with Gasteiger partial charge < -0.3 is 19.3 Å². The molecule has 1 aliphatic heterocycles. The second-order valence-electron chi connectivity index (χ2n) is 9.75. The summed E-state index contributed by atoms with van der Waals surface area (Å²) in [6.07, 6.45) is 9.43. The number of fused-ring (bicyclic) bond motifs is 1. The highest BCUT2D eigenvalue weighted by Gasteiger charge is 2.20. The van der Waals surface area contributed by atoms with Crippen LogP contribution in [0.4, 0.5) is 11.4 Å². The summed E-state index contributed by atoms with van der Waals surface area (Å²) in [5.41, 5.74) is 5.56. The second kappa shape index (κ2) is 11.2. The Labute approximate surface area is 218 Å². The molecular formula is C29H36N6O2. The number of piperidine rings is 1. The fraction of sp³-hybridized carbons (Fsp3) is 0.414. The minimum Gasteiger partial charge on any atom is -0.497 e. The van der Waals surface area contributed by atoms with Crippen molar-refractivity contribution < 1.29 is 9.47 Å². The summed E-state index contributed by atoms with van der Waals surface area (Å²) in [6.45, 7) is 6.45. The molecule has 0 radical (unpaired) electrons. The summed E-state index contributed by atoms with van der Waals surface area (Å²) in [5, 5.41) is 4.28. The molecule has 37 heavy (non-hydrogen) atoms. The molecule has 1 fully saturated rings. The van der Waals surface area contributed by atoms with Crippen LogP contribution < -0.4 is 14.4 Å². The molecule has 194 valence electrons. The monoisotopic (exact) mass is 500 g/mol. The zero-order valence-corrected chi connectivity index (χ0v) is 22.2. The molecule has 0 atom stereocenters. The van der Waals surface area contributed by atoms with Crippen molar-refractivity contribution in [2.75, 3.05) is 45.3 Å². The molecule has 0 amide bonds. The molecule has 4 aromatic rings. The number of ether oxygens (including phenoxy) is 2. The molecule has 0 spiro atoms. The highest BCUT2D eigenvalue weighted by Crippen LogP contribution is 2.34. The van der Waals surface area contributed by atoms with Gasteiger partial charge in [-0.1, -0.05) is 13.3 Å². The van der Waals surface area contributed by atoms with E-state index in [0.29, 0.717) is 0 Å². The third kappa shape index (κ3) is 5.69. The van der Waals surface area contributed by atoms with Crippen molar-refractivity contribution in [3.8, 4) is 22.8 Å². The molecule has 1 saturated heterocycles. The van der Waals surface area contributed by atoms with E-state index in [2.05, 4.69) is 51.1 Å². The zero-order valence-electron chi connectivity index (χ0n) is 22.2. The first-order chi connectivity index (χ1) is 18.1. The summed E-state index contributed by atoms with van der Waals surface area (Å²) in [6, 6.07) is 12.3. The van der Waals surface area contributed by atoms with Gasteiger partial charge in [0.2, 0.25) is 0 Å². The quantitative estimate of drug-likeness (QED) is 0.309. The van der Waals surface area contributed by atoms with Crippen LogP contribution in [0.25, 0.3) is 22.3 Å². The Kier molecular flexibility index (Phi) is 7.55. The van der Waals surface area contributed by atoms with Gasteiger partial charge in [-0.05, 0) is 50.0 Å². The van der Waals surface area contributed by atoms with E-state index in [1.165, 1.54) is 19.3 Å². The van der Waals surface area contributed by atoms with Crippen molar-refractivity contribution in [1.82, 2.24) is 24.6 Å². The highest BCUT2D eigenvalue weighted by molar-refractivity contribution is 5.82. The van der Waals surface area contributed by atoms with Crippen LogP contribution in [-0.4, -0.2) is 65.0 Å². The van der Waals surface area contributed by atoms with Gasteiger partial charge in [0.05, 0.1) is 43.3 Å². The van der Waals surface area contributed by atoms with Gasteiger partial charge in [-0.2, -0.15) is 5.10 Å². The van der Waals surface area contributed by atoms with Gasteiger partial charge in [-0.15, -0.1) is 0 Å². The maximum Gasteiger partial charge on any atom is 0.124 e. The maximum absolute atomic E-state index is 5.59. The van der Waals surface area contributed by atoms with Crippen molar-refractivity contribution in [2.45, 2.75) is 26.2 Å². The number of rotatable bonds is 9. The molecule has 0 aliphatic carbocycles. The van der Waals surface area contributed by atoms with Crippen molar-refractivity contribution >= 4 is 22.4 Å². The van der Waals surface area contributed by atoms with Crippen LogP contribution in [-0.2, 0) is 7.05 Å². The molecule has 8 heteroatoms. The predicted octanol–water partition coefficient (Wildman–Crippen LogP) is 5.31. The van der Waals surface area contributed by atoms with E-state index in [0.717, 1.165) is 77.3 Å². The summed E-state index contributed by atoms with van der Waals surface area (Å²) in [5.74, 6) is 2.40. The SMILES string of the molecule is CCC1CCN(CCN(c2cc(OC)cc(OC)c2)c2ccc3ncc(-c4cnn(C)c4)nc3c2)CC1. The largest absolute Gasteiger partial charge is 0.497 e. The van der Waals surface area contributed by atoms with E-state index in [-0.39, 0.29) is 0 Å². The van der Waals surface area contributed by atoms with Crippen LogP contribution in [0.3, 0.4) is 0 Å². The number of aromatic nitrogens is 4. The highest BCUT2D eigenvalue weighted by atomic mass is 16.5. The van der Waals surface area contributed by atoms with Crippen LogP contribution in [0.5, 0.6) is 11.5 Å². The number of methoxy groups -OCH3 is 2. The number of hydrogen-bond acceptors (Lipinski definition) is 7. The Morgan fingerprint density at radius 1 is 0.946 bits per heavy atom. The third-order valence-corrected chi connectivity index (χ3v) is 7.41. The van der Waals surface area contributed by atoms with Gasteiger partial charge in [0.1, 0.15) is 11.5 Å². The average molecular weight is 501 g/mol. The van der Waals surface area contributed by atoms with Crippen LogP contribution in [0, 0.1) is 5.92 Å². The Morgan fingerprint density at radius 3 is 2.35 bits per heavy atom. The van der Waals surface area contributed by atoms with Crippen molar-refractivity contribution in [3.05, 3.63) is 55.0 Å².